The highest BCUT2D eigenvalue weighted by atomic mass is 14.9. The van der Waals surface area contributed by atoms with Crippen LogP contribution in [0.2, 0.25) is 0 Å². The van der Waals surface area contributed by atoms with E-state index in [0.717, 1.165) is 42.1 Å². The molecule has 0 aromatic heterocycles. The summed E-state index contributed by atoms with van der Waals surface area (Å²) < 4.78 is 0. The van der Waals surface area contributed by atoms with Gasteiger partial charge in [0.2, 0.25) is 0 Å². The first-order valence-electron chi connectivity index (χ1n) is 11.0. The predicted molar refractivity (Wildman–Crippen MR) is 108 cm³/mol. The van der Waals surface area contributed by atoms with E-state index in [1.165, 1.54) is 57.9 Å². The third-order valence-corrected chi connectivity index (χ3v) is 6.06. The summed E-state index contributed by atoms with van der Waals surface area (Å²) in [5.41, 5.74) is 0. The molecule has 3 aliphatic rings. The maximum Gasteiger partial charge on any atom is 0.0117 e. The Hall–Kier alpha value is -0.480. The molecule has 0 aliphatic heterocycles. The first-order chi connectivity index (χ1) is 11.8. The van der Waals surface area contributed by atoms with Gasteiger partial charge in [-0.3, -0.25) is 0 Å². The van der Waals surface area contributed by atoms with E-state index in [0.29, 0.717) is 0 Å². The number of nitrogens with one attached hydrogen (secondary N) is 1. The molecule has 24 heavy (non-hydrogen) atoms. The minimum absolute atomic E-state index is 0.807. The largest absolute Gasteiger partial charge is 0.314 e. The van der Waals surface area contributed by atoms with Crippen LogP contribution in [0.25, 0.3) is 0 Å². The van der Waals surface area contributed by atoms with E-state index in [-0.39, 0.29) is 0 Å². The second kappa shape index (κ2) is 12.0. The van der Waals surface area contributed by atoms with Crippen LogP contribution in [0.5, 0.6) is 0 Å². The molecular formula is C23H43N. The molecule has 1 heteroatoms. The van der Waals surface area contributed by atoms with E-state index in [4.69, 9.17) is 6.42 Å². The second-order valence-corrected chi connectivity index (χ2v) is 7.53. The van der Waals surface area contributed by atoms with Crippen LogP contribution in [-0.4, -0.2) is 12.6 Å². The van der Waals surface area contributed by atoms with Crippen LogP contribution in [0.3, 0.4) is 0 Å². The zero-order valence-electron chi connectivity index (χ0n) is 17.1. The van der Waals surface area contributed by atoms with Crippen LogP contribution in [0, 0.1) is 41.9 Å². The van der Waals surface area contributed by atoms with Crippen LogP contribution in [0.4, 0.5) is 0 Å². The molecular weight excluding hydrogens is 290 g/mol. The molecule has 3 fully saturated rings. The molecule has 0 aromatic rings. The van der Waals surface area contributed by atoms with Crippen molar-refractivity contribution in [2.45, 2.75) is 98.4 Å². The van der Waals surface area contributed by atoms with Crippen LogP contribution < -0.4 is 5.32 Å². The molecule has 0 spiro atoms. The topological polar surface area (TPSA) is 12.0 Å². The Balaban J connectivity index is 0.000000671. The van der Waals surface area contributed by atoms with Crippen LogP contribution >= 0.6 is 0 Å². The van der Waals surface area contributed by atoms with Gasteiger partial charge in [0.15, 0.2) is 0 Å². The van der Waals surface area contributed by atoms with E-state index in [1.54, 1.807) is 0 Å². The van der Waals surface area contributed by atoms with Crippen LogP contribution in [0.15, 0.2) is 0 Å². The summed E-state index contributed by atoms with van der Waals surface area (Å²) >= 11 is 0. The smallest absolute Gasteiger partial charge is 0.0117 e. The summed E-state index contributed by atoms with van der Waals surface area (Å²) in [7, 11) is 0. The summed E-state index contributed by atoms with van der Waals surface area (Å²) in [6.45, 7) is 11.7. The van der Waals surface area contributed by atoms with Gasteiger partial charge in [-0.15, -0.1) is 12.3 Å². The monoisotopic (exact) mass is 333 g/mol. The molecule has 0 amide bonds. The molecule has 3 rings (SSSR count). The number of terminal acetylenes is 1. The Morgan fingerprint density at radius 2 is 1.54 bits per heavy atom. The van der Waals surface area contributed by atoms with E-state index in [2.05, 4.69) is 18.2 Å². The van der Waals surface area contributed by atoms with Crippen molar-refractivity contribution >= 4 is 0 Å². The van der Waals surface area contributed by atoms with Gasteiger partial charge in [0, 0.05) is 12.5 Å². The molecule has 0 bridgehead atoms. The molecule has 1 N–H and O–H groups in total. The average molecular weight is 334 g/mol. The lowest BCUT2D eigenvalue weighted by atomic mass is 9.71. The third-order valence-electron chi connectivity index (χ3n) is 6.06. The van der Waals surface area contributed by atoms with Gasteiger partial charge in [-0.2, -0.15) is 0 Å². The SMILES string of the molecule is C#CCC1CCCC(CNC2CC2)C(C2CC2)[C@H]1CC.CC.CC. The number of hydrogen-bond donors (Lipinski definition) is 1. The fourth-order valence-corrected chi connectivity index (χ4v) is 4.78. The zero-order valence-corrected chi connectivity index (χ0v) is 17.1. The van der Waals surface area contributed by atoms with Gasteiger partial charge in [-0.1, -0.05) is 47.5 Å². The number of rotatable bonds is 6. The van der Waals surface area contributed by atoms with Gasteiger partial charge >= 0.3 is 0 Å². The summed E-state index contributed by atoms with van der Waals surface area (Å²) in [5, 5.41) is 3.82. The molecule has 3 aliphatic carbocycles. The van der Waals surface area contributed by atoms with Crippen molar-refractivity contribution in [1.82, 2.24) is 5.32 Å². The Bertz CT molecular complexity index is 348. The molecule has 4 atom stereocenters. The van der Waals surface area contributed by atoms with Crippen molar-refractivity contribution in [3.8, 4) is 12.3 Å². The highest BCUT2D eigenvalue weighted by Crippen LogP contribution is 2.51. The third kappa shape index (κ3) is 6.44. The molecule has 0 radical (unpaired) electrons. The zero-order chi connectivity index (χ0) is 17.9. The fraction of sp³-hybridized carbons (Fsp3) is 0.913. The summed E-state index contributed by atoms with van der Waals surface area (Å²) in [5.74, 6) is 7.59. The van der Waals surface area contributed by atoms with Crippen molar-refractivity contribution < 1.29 is 0 Å². The minimum Gasteiger partial charge on any atom is -0.314 e. The molecule has 3 unspecified atom stereocenters. The lowest BCUT2D eigenvalue weighted by Crippen LogP contribution is -2.35. The lowest BCUT2D eigenvalue weighted by molar-refractivity contribution is 0.147. The van der Waals surface area contributed by atoms with E-state index < -0.39 is 0 Å². The lowest BCUT2D eigenvalue weighted by Gasteiger charge is -2.35. The van der Waals surface area contributed by atoms with Gasteiger partial charge in [0.25, 0.3) is 0 Å². The number of hydrogen-bond acceptors (Lipinski definition) is 1. The van der Waals surface area contributed by atoms with E-state index >= 15 is 0 Å². The summed E-state index contributed by atoms with van der Waals surface area (Å²) in [6, 6.07) is 0.861. The Morgan fingerprint density at radius 1 is 0.917 bits per heavy atom. The summed E-state index contributed by atoms with van der Waals surface area (Å²) in [4.78, 5) is 0. The first-order valence-corrected chi connectivity index (χ1v) is 11.0. The van der Waals surface area contributed by atoms with Crippen molar-refractivity contribution in [1.29, 1.82) is 0 Å². The van der Waals surface area contributed by atoms with Crippen molar-refractivity contribution in [2.75, 3.05) is 6.54 Å². The average Bonchev–Trinajstić information content (AvgIpc) is 3.52. The quantitative estimate of drug-likeness (QED) is 0.445. The maximum absolute atomic E-state index is 5.64. The van der Waals surface area contributed by atoms with Gasteiger partial charge < -0.3 is 5.32 Å². The molecule has 1 nitrogen and oxygen atoms in total. The van der Waals surface area contributed by atoms with E-state index in [1.807, 2.05) is 27.7 Å². The van der Waals surface area contributed by atoms with Gasteiger partial charge in [0.05, 0.1) is 0 Å². The molecule has 0 saturated heterocycles. The standard InChI is InChI=1S/C19H31N.2C2H6/c1-3-6-14-7-5-8-16(13-20-17-11-12-17)19(15-9-10-15)18(14)4-2;2*1-2/h1,14-20H,4-13H2,2H3;2*1-2H3/t14?,16?,18-,19?;;/m0../s1. The Morgan fingerprint density at radius 3 is 2.04 bits per heavy atom. The van der Waals surface area contributed by atoms with Gasteiger partial charge in [-0.25, -0.2) is 0 Å². The summed E-state index contributed by atoms with van der Waals surface area (Å²) in [6.07, 6.45) is 18.0. The second-order valence-electron chi connectivity index (χ2n) is 7.53. The van der Waals surface area contributed by atoms with Crippen LogP contribution in [-0.2, 0) is 0 Å². The van der Waals surface area contributed by atoms with Crippen molar-refractivity contribution in [2.24, 2.45) is 29.6 Å². The molecule has 140 valence electrons. The normalized spacial score (nSPS) is 32.3. The van der Waals surface area contributed by atoms with E-state index in [9.17, 15) is 0 Å². The van der Waals surface area contributed by atoms with Crippen LogP contribution in [0.1, 0.15) is 92.4 Å². The first kappa shape index (κ1) is 21.6. The highest BCUT2D eigenvalue weighted by molar-refractivity contribution is 4.98. The molecule has 3 saturated carbocycles. The highest BCUT2D eigenvalue weighted by Gasteiger charge is 2.44. The Labute approximate surface area is 152 Å². The van der Waals surface area contributed by atoms with Gasteiger partial charge in [0.1, 0.15) is 0 Å². The van der Waals surface area contributed by atoms with Crippen molar-refractivity contribution in [3.63, 3.8) is 0 Å². The maximum atomic E-state index is 5.64. The minimum atomic E-state index is 0.807. The molecule has 0 aromatic carbocycles. The van der Waals surface area contributed by atoms with Crippen molar-refractivity contribution in [3.05, 3.63) is 0 Å². The Kier molecular flexibility index (Phi) is 10.8. The predicted octanol–water partition coefficient (Wildman–Crippen LogP) is 6.28. The molecule has 0 heterocycles. The fourth-order valence-electron chi connectivity index (χ4n) is 4.78. The van der Waals surface area contributed by atoms with Gasteiger partial charge in [-0.05, 0) is 74.7 Å².